The number of amides is 1. The van der Waals surface area contributed by atoms with Gasteiger partial charge in [-0.3, -0.25) is 4.79 Å². The van der Waals surface area contributed by atoms with Crippen molar-refractivity contribution >= 4 is 34.2 Å². The molecule has 3 aromatic rings. The van der Waals surface area contributed by atoms with E-state index in [1.807, 2.05) is 36.1 Å². The molecule has 32 heavy (non-hydrogen) atoms. The van der Waals surface area contributed by atoms with Gasteiger partial charge in [0, 0.05) is 30.6 Å². The standard InChI is InChI=1S/C24H21ClFN5O/c1-3-20(32)31-11-10-30(13-16(31)8-9-27)24-18-12-19(25)21(17-7-5-4-6-15(17)2)22(26)23(18)28-14-29-24/h3-7,12,14,16H,1,8,10-11,13H2,2H3. The van der Waals surface area contributed by atoms with E-state index >= 15 is 4.39 Å². The molecule has 1 saturated heterocycles. The van der Waals surface area contributed by atoms with Crippen molar-refractivity contribution in [2.75, 3.05) is 24.5 Å². The maximum absolute atomic E-state index is 15.7. The first kappa shape index (κ1) is 21.7. The number of hydrogen-bond acceptors (Lipinski definition) is 5. The number of anilines is 1. The lowest BCUT2D eigenvalue weighted by molar-refractivity contribution is -0.128. The monoisotopic (exact) mass is 449 g/mol. The average Bonchev–Trinajstić information content (AvgIpc) is 2.79. The fraction of sp³-hybridized carbons (Fsp3) is 0.250. The number of piperazine rings is 1. The minimum absolute atomic E-state index is 0.172. The van der Waals surface area contributed by atoms with Crippen LogP contribution in [-0.4, -0.2) is 46.5 Å². The molecular weight excluding hydrogens is 429 g/mol. The third-order valence-electron chi connectivity index (χ3n) is 5.78. The Morgan fingerprint density at radius 3 is 2.88 bits per heavy atom. The molecule has 1 atom stereocenters. The van der Waals surface area contributed by atoms with Gasteiger partial charge in [-0.2, -0.15) is 5.26 Å². The van der Waals surface area contributed by atoms with Crippen LogP contribution in [0.3, 0.4) is 0 Å². The molecule has 1 unspecified atom stereocenters. The zero-order valence-electron chi connectivity index (χ0n) is 17.6. The fourth-order valence-electron chi connectivity index (χ4n) is 4.20. The highest BCUT2D eigenvalue weighted by atomic mass is 35.5. The quantitative estimate of drug-likeness (QED) is 0.548. The van der Waals surface area contributed by atoms with Crippen LogP contribution >= 0.6 is 11.6 Å². The van der Waals surface area contributed by atoms with Crippen LogP contribution in [0.5, 0.6) is 0 Å². The highest BCUT2D eigenvalue weighted by molar-refractivity contribution is 6.34. The molecule has 2 heterocycles. The van der Waals surface area contributed by atoms with Crippen LogP contribution in [0.2, 0.25) is 5.02 Å². The number of aryl methyl sites for hydroxylation is 1. The number of aromatic nitrogens is 2. The third-order valence-corrected chi connectivity index (χ3v) is 6.08. The first-order valence-corrected chi connectivity index (χ1v) is 10.6. The maximum Gasteiger partial charge on any atom is 0.246 e. The lowest BCUT2D eigenvalue weighted by Crippen LogP contribution is -2.55. The average molecular weight is 450 g/mol. The van der Waals surface area contributed by atoms with Gasteiger partial charge in [0.2, 0.25) is 5.91 Å². The van der Waals surface area contributed by atoms with E-state index in [4.69, 9.17) is 11.6 Å². The Morgan fingerprint density at radius 2 is 2.16 bits per heavy atom. The fourth-order valence-corrected chi connectivity index (χ4v) is 4.50. The lowest BCUT2D eigenvalue weighted by atomic mass is 9.98. The van der Waals surface area contributed by atoms with Gasteiger partial charge in [0.05, 0.1) is 23.6 Å². The first-order valence-electron chi connectivity index (χ1n) is 10.2. The number of fused-ring (bicyclic) bond motifs is 1. The van der Waals surface area contributed by atoms with E-state index in [0.29, 0.717) is 42.0 Å². The molecule has 0 radical (unpaired) electrons. The van der Waals surface area contributed by atoms with Crippen LogP contribution < -0.4 is 4.90 Å². The normalized spacial score (nSPS) is 16.1. The zero-order chi connectivity index (χ0) is 22.8. The van der Waals surface area contributed by atoms with Crippen molar-refractivity contribution in [1.82, 2.24) is 14.9 Å². The van der Waals surface area contributed by atoms with Gasteiger partial charge in [0.1, 0.15) is 17.7 Å². The van der Waals surface area contributed by atoms with Gasteiger partial charge in [-0.1, -0.05) is 42.4 Å². The molecule has 2 aromatic carbocycles. The molecule has 0 spiro atoms. The predicted octanol–water partition coefficient (Wildman–Crippen LogP) is 4.51. The molecular formula is C24H21ClFN5O. The molecule has 1 amide bonds. The topological polar surface area (TPSA) is 73.1 Å². The lowest BCUT2D eigenvalue weighted by Gasteiger charge is -2.41. The summed E-state index contributed by atoms with van der Waals surface area (Å²) in [6.07, 6.45) is 2.75. The summed E-state index contributed by atoms with van der Waals surface area (Å²) in [6, 6.07) is 11.0. The molecule has 0 bridgehead atoms. The van der Waals surface area contributed by atoms with Gasteiger partial charge in [-0.05, 0) is 30.2 Å². The Morgan fingerprint density at radius 1 is 1.38 bits per heavy atom. The number of nitrogens with zero attached hydrogens (tertiary/aromatic N) is 5. The molecule has 1 aliphatic heterocycles. The molecule has 0 saturated carbocycles. The number of benzene rings is 2. The molecule has 1 fully saturated rings. The third kappa shape index (κ3) is 3.78. The highest BCUT2D eigenvalue weighted by Gasteiger charge is 2.31. The summed E-state index contributed by atoms with van der Waals surface area (Å²) in [7, 11) is 0. The molecule has 0 N–H and O–H groups in total. The number of carbonyl (C=O) groups excluding carboxylic acids is 1. The van der Waals surface area contributed by atoms with Crippen molar-refractivity contribution in [3.63, 3.8) is 0 Å². The second-order valence-electron chi connectivity index (χ2n) is 7.65. The summed E-state index contributed by atoms with van der Waals surface area (Å²) in [5.41, 5.74) is 2.11. The van der Waals surface area contributed by atoms with E-state index in [0.717, 1.165) is 5.56 Å². The van der Waals surface area contributed by atoms with Gasteiger partial charge in [0.15, 0.2) is 5.82 Å². The molecule has 6 nitrogen and oxygen atoms in total. The van der Waals surface area contributed by atoms with Crippen LogP contribution in [0, 0.1) is 24.1 Å². The Hall–Kier alpha value is -3.50. The number of nitriles is 1. The molecule has 4 rings (SSSR count). The van der Waals surface area contributed by atoms with Gasteiger partial charge < -0.3 is 9.80 Å². The largest absolute Gasteiger partial charge is 0.352 e. The van der Waals surface area contributed by atoms with Crippen LogP contribution in [0.1, 0.15) is 12.0 Å². The second kappa shape index (κ2) is 8.93. The van der Waals surface area contributed by atoms with Crippen LogP contribution in [0.15, 0.2) is 49.3 Å². The van der Waals surface area contributed by atoms with Crippen LogP contribution in [0.4, 0.5) is 10.2 Å². The Kier molecular flexibility index (Phi) is 6.06. The number of carbonyl (C=O) groups is 1. The molecule has 1 aliphatic rings. The number of halogens is 2. The molecule has 0 aliphatic carbocycles. The van der Waals surface area contributed by atoms with Crippen molar-refractivity contribution in [3.8, 4) is 17.2 Å². The summed E-state index contributed by atoms with van der Waals surface area (Å²) in [5, 5.41) is 9.99. The minimum Gasteiger partial charge on any atom is -0.352 e. The molecule has 162 valence electrons. The van der Waals surface area contributed by atoms with Gasteiger partial charge in [0.25, 0.3) is 0 Å². The zero-order valence-corrected chi connectivity index (χ0v) is 18.3. The van der Waals surface area contributed by atoms with Crippen molar-refractivity contribution in [2.45, 2.75) is 19.4 Å². The summed E-state index contributed by atoms with van der Waals surface area (Å²) in [5.74, 6) is -0.185. The maximum atomic E-state index is 15.7. The van der Waals surface area contributed by atoms with Crippen molar-refractivity contribution in [2.24, 2.45) is 0 Å². The molecule has 8 heteroatoms. The summed E-state index contributed by atoms with van der Waals surface area (Å²) in [4.78, 5) is 24.4. The van der Waals surface area contributed by atoms with Crippen molar-refractivity contribution in [3.05, 3.63) is 65.7 Å². The second-order valence-corrected chi connectivity index (χ2v) is 8.06. The van der Waals surface area contributed by atoms with E-state index < -0.39 is 5.82 Å². The molecule has 1 aromatic heterocycles. The summed E-state index contributed by atoms with van der Waals surface area (Å²) in [6.45, 7) is 6.71. The number of rotatable bonds is 4. The Balaban J connectivity index is 1.78. The van der Waals surface area contributed by atoms with Crippen LogP contribution in [0.25, 0.3) is 22.0 Å². The van der Waals surface area contributed by atoms with E-state index in [-0.39, 0.29) is 28.9 Å². The van der Waals surface area contributed by atoms with Crippen LogP contribution in [-0.2, 0) is 4.79 Å². The smallest absolute Gasteiger partial charge is 0.246 e. The van der Waals surface area contributed by atoms with Crippen molar-refractivity contribution < 1.29 is 9.18 Å². The van der Waals surface area contributed by atoms with Gasteiger partial charge in [-0.15, -0.1) is 0 Å². The van der Waals surface area contributed by atoms with E-state index in [1.165, 1.54) is 12.4 Å². The van der Waals surface area contributed by atoms with Crippen molar-refractivity contribution in [1.29, 1.82) is 5.26 Å². The van der Waals surface area contributed by atoms with Gasteiger partial charge >= 0.3 is 0 Å². The Bertz CT molecular complexity index is 1260. The SMILES string of the molecule is C=CC(=O)N1CCN(c2ncnc3c(F)c(-c4ccccc4C)c(Cl)cc23)CC1CC#N. The van der Waals surface area contributed by atoms with E-state index in [2.05, 4.69) is 22.6 Å². The van der Waals surface area contributed by atoms with Gasteiger partial charge in [-0.25, -0.2) is 14.4 Å². The first-order chi connectivity index (χ1) is 15.5. The van der Waals surface area contributed by atoms with E-state index in [9.17, 15) is 10.1 Å². The summed E-state index contributed by atoms with van der Waals surface area (Å²) < 4.78 is 15.7. The highest BCUT2D eigenvalue weighted by Crippen LogP contribution is 2.39. The minimum atomic E-state index is -0.500. The Labute approximate surface area is 190 Å². The predicted molar refractivity (Wildman–Crippen MR) is 123 cm³/mol. The van der Waals surface area contributed by atoms with E-state index in [1.54, 1.807) is 11.0 Å². The number of hydrogen-bond donors (Lipinski definition) is 0. The summed E-state index contributed by atoms with van der Waals surface area (Å²) >= 11 is 6.57.